The van der Waals surface area contributed by atoms with E-state index in [1.54, 1.807) is 23.1 Å². The molecule has 0 bridgehead atoms. The number of hydrogen-bond donors (Lipinski definition) is 0. The van der Waals surface area contributed by atoms with E-state index in [0.717, 1.165) is 20.3 Å². The van der Waals surface area contributed by atoms with Crippen molar-refractivity contribution in [3.63, 3.8) is 0 Å². The molecule has 64 valence electrons. The Balaban J connectivity index is 2.27. The molecule has 0 radical (unpaired) electrons. The quantitative estimate of drug-likeness (QED) is 0.613. The Bertz CT molecular complexity index is 297. The molecule has 0 amide bonds. The van der Waals surface area contributed by atoms with Crippen LogP contribution < -0.4 is 0 Å². The van der Waals surface area contributed by atoms with E-state index in [-0.39, 0.29) is 0 Å². The summed E-state index contributed by atoms with van der Waals surface area (Å²) in [4.78, 5) is 4.22. The van der Waals surface area contributed by atoms with Gasteiger partial charge in [-0.25, -0.2) is 4.98 Å². The number of hydrogen-bond acceptors (Lipinski definition) is 3. The highest BCUT2D eigenvalue weighted by molar-refractivity contribution is 9.11. The van der Waals surface area contributed by atoms with Crippen LogP contribution in [0.5, 0.6) is 0 Å². The smallest absolute Gasteiger partial charge is 0.104 e. The van der Waals surface area contributed by atoms with E-state index >= 15 is 0 Å². The summed E-state index contributed by atoms with van der Waals surface area (Å²) in [5.41, 5.74) is 0. The molecular weight excluding hydrogens is 254 g/mol. The zero-order valence-corrected chi connectivity index (χ0v) is 9.85. The highest BCUT2D eigenvalue weighted by Crippen LogP contribution is 2.22. The van der Waals surface area contributed by atoms with E-state index in [4.69, 9.17) is 0 Å². The van der Waals surface area contributed by atoms with Crippen molar-refractivity contribution in [3.8, 4) is 11.8 Å². The number of nitrogens with zero attached hydrogens (tertiary/aromatic N) is 1. The molecule has 12 heavy (non-hydrogen) atoms. The number of rotatable bonds is 3. The van der Waals surface area contributed by atoms with Crippen molar-refractivity contribution in [2.45, 2.75) is 12.7 Å². The maximum absolute atomic E-state index is 4.22. The predicted octanol–water partition coefficient (Wildman–Crippen LogP) is 3.16. The van der Waals surface area contributed by atoms with Crippen LogP contribution in [0.25, 0.3) is 0 Å². The van der Waals surface area contributed by atoms with Crippen LogP contribution in [0.3, 0.4) is 0 Å². The van der Waals surface area contributed by atoms with Gasteiger partial charge in [-0.05, 0) is 22.9 Å². The Morgan fingerprint density at radius 2 is 2.58 bits per heavy atom. The van der Waals surface area contributed by atoms with Crippen molar-refractivity contribution in [3.05, 3.63) is 15.0 Å². The Labute approximate surface area is 89.1 Å². The number of thiazole rings is 1. The summed E-state index contributed by atoms with van der Waals surface area (Å²) < 4.78 is 1.10. The first-order valence-corrected chi connectivity index (χ1v) is 6.17. The summed E-state index contributed by atoms with van der Waals surface area (Å²) in [5, 5.41) is 1.16. The maximum atomic E-state index is 4.22. The van der Waals surface area contributed by atoms with Crippen molar-refractivity contribution in [2.75, 3.05) is 5.75 Å². The van der Waals surface area contributed by atoms with Gasteiger partial charge in [0.2, 0.25) is 0 Å². The third-order valence-electron chi connectivity index (χ3n) is 1.10. The summed E-state index contributed by atoms with van der Waals surface area (Å²) in [7, 11) is 0. The summed E-state index contributed by atoms with van der Waals surface area (Å²) in [6.45, 7) is 1.86. The van der Waals surface area contributed by atoms with Gasteiger partial charge in [0.05, 0.1) is 15.7 Å². The molecule has 0 aliphatic rings. The minimum Gasteiger partial charge on any atom is -0.248 e. The third kappa shape index (κ3) is 3.61. The number of halogens is 1. The molecule has 0 aliphatic carbocycles. The molecule has 4 heteroatoms. The molecule has 0 fully saturated rings. The van der Waals surface area contributed by atoms with Crippen molar-refractivity contribution in [1.82, 2.24) is 4.98 Å². The summed E-state index contributed by atoms with van der Waals surface area (Å²) in [6.07, 6.45) is 1.84. The SMILES string of the molecule is CC#CCSCc1ncc(Br)s1. The molecule has 0 saturated carbocycles. The first kappa shape index (κ1) is 10.1. The topological polar surface area (TPSA) is 12.9 Å². The molecule has 1 aromatic rings. The minimum absolute atomic E-state index is 0.897. The molecular formula is C8H8BrNS2. The van der Waals surface area contributed by atoms with Gasteiger partial charge in [-0.15, -0.1) is 29.0 Å². The van der Waals surface area contributed by atoms with Gasteiger partial charge in [0.1, 0.15) is 5.01 Å². The van der Waals surface area contributed by atoms with Gasteiger partial charge in [0, 0.05) is 5.75 Å². The first-order valence-electron chi connectivity index (χ1n) is 3.40. The molecule has 0 unspecified atom stereocenters. The molecule has 1 rings (SSSR count). The van der Waals surface area contributed by atoms with Crippen LogP contribution in [-0.4, -0.2) is 10.7 Å². The normalized spacial score (nSPS) is 9.17. The van der Waals surface area contributed by atoms with Crippen molar-refractivity contribution < 1.29 is 0 Å². The number of thioether (sulfide) groups is 1. The average molecular weight is 262 g/mol. The van der Waals surface area contributed by atoms with E-state index in [1.807, 2.05) is 13.1 Å². The van der Waals surface area contributed by atoms with E-state index < -0.39 is 0 Å². The van der Waals surface area contributed by atoms with Crippen LogP contribution in [0.15, 0.2) is 9.98 Å². The van der Waals surface area contributed by atoms with Gasteiger partial charge >= 0.3 is 0 Å². The van der Waals surface area contributed by atoms with Crippen LogP contribution in [0.1, 0.15) is 11.9 Å². The monoisotopic (exact) mass is 261 g/mol. The van der Waals surface area contributed by atoms with Gasteiger partial charge in [0.25, 0.3) is 0 Å². The average Bonchev–Trinajstić information content (AvgIpc) is 2.45. The van der Waals surface area contributed by atoms with E-state index in [0.29, 0.717) is 0 Å². The molecule has 1 heterocycles. The molecule has 0 spiro atoms. The second-order valence-electron chi connectivity index (χ2n) is 1.98. The van der Waals surface area contributed by atoms with Crippen LogP contribution in [0.2, 0.25) is 0 Å². The minimum atomic E-state index is 0.897. The van der Waals surface area contributed by atoms with Gasteiger partial charge in [-0.2, -0.15) is 0 Å². The predicted molar refractivity (Wildman–Crippen MR) is 59.4 cm³/mol. The zero-order chi connectivity index (χ0) is 8.81. The van der Waals surface area contributed by atoms with E-state index in [1.165, 1.54) is 0 Å². The standard InChI is InChI=1S/C8H8BrNS2/c1-2-3-4-11-6-8-10-5-7(9)12-8/h5H,4,6H2,1H3. The lowest BCUT2D eigenvalue weighted by atomic mass is 10.7. The molecule has 1 aromatic heterocycles. The van der Waals surface area contributed by atoms with Gasteiger partial charge in [0.15, 0.2) is 0 Å². The van der Waals surface area contributed by atoms with Crippen molar-refractivity contribution in [2.24, 2.45) is 0 Å². The Morgan fingerprint density at radius 1 is 1.75 bits per heavy atom. The highest BCUT2D eigenvalue weighted by Gasteiger charge is 1.97. The third-order valence-corrected chi connectivity index (χ3v) is 3.59. The first-order chi connectivity index (χ1) is 5.83. The summed E-state index contributed by atoms with van der Waals surface area (Å²) in [6, 6.07) is 0. The van der Waals surface area contributed by atoms with Gasteiger partial charge in [-0.1, -0.05) is 5.92 Å². The second-order valence-corrected chi connectivity index (χ2v) is 5.46. The van der Waals surface area contributed by atoms with E-state index in [9.17, 15) is 0 Å². The number of aromatic nitrogens is 1. The van der Waals surface area contributed by atoms with E-state index in [2.05, 4.69) is 32.8 Å². The lowest BCUT2D eigenvalue weighted by Crippen LogP contribution is -1.77. The fraction of sp³-hybridized carbons (Fsp3) is 0.375. The zero-order valence-electron chi connectivity index (χ0n) is 6.63. The molecule has 0 aromatic carbocycles. The lowest BCUT2D eigenvalue weighted by Gasteiger charge is -1.90. The van der Waals surface area contributed by atoms with Crippen molar-refractivity contribution >= 4 is 39.0 Å². The molecule has 1 nitrogen and oxygen atoms in total. The van der Waals surface area contributed by atoms with Crippen LogP contribution in [-0.2, 0) is 5.75 Å². The Morgan fingerprint density at radius 3 is 3.17 bits per heavy atom. The van der Waals surface area contributed by atoms with Crippen molar-refractivity contribution in [1.29, 1.82) is 0 Å². The fourth-order valence-electron chi connectivity index (χ4n) is 0.616. The maximum Gasteiger partial charge on any atom is 0.104 e. The second kappa shape index (κ2) is 5.63. The largest absolute Gasteiger partial charge is 0.248 e. The molecule has 0 atom stereocenters. The van der Waals surface area contributed by atoms with Crippen LogP contribution in [0.4, 0.5) is 0 Å². The molecule has 0 aliphatic heterocycles. The molecule has 0 saturated heterocycles. The summed E-state index contributed by atoms with van der Waals surface area (Å²) >= 11 is 6.85. The van der Waals surface area contributed by atoms with Gasteiger partial charge in [-0.3, -0.25) is 0 Å². The van der Waals surface area contributed by atoms with Gasteiger partial charge < -0.3 is 0 Å². The molecule has 0 N–H and O–H groups in total. The Kier molecular flexibility index (Phi) is 4.74. The lowest BCUT2D eigenvalue weighted by molar-refractivity contribution is 1.27. The van der Waals surface area contributed by atoms with Crippen LogP contribution >= 0.6 is 39.0 Å². The fourth-order valence-corrected chi connectivity index (χ4v) is 2.80. The van der Waals surface area contributed by atoms with Crippen LogP contribution in [0, 0.1) is 11.8 Å². The Hall–Kier alpha value is 0.0200. The highest BCUT2D eigenvalue weighted by atomic mass is 79.9. The summed E-state index contributed by atoms with van der Waals surface area (Å²) in [5.74, 6) is 7.73.